The first kappa shape index (κ1) is 72.5. The van der Waals surface area contributed by atoms with Crippen molar-refractivity contribution in [3.05, 3.63) is 202 Å². The fourth-order valence-electron chi connectivity index (χ4n) is 8.25. The Morgan fingerprint density at radius 2 is 0.851 bits per heavy atom. The van der Waals surface area contributed by atoms with E-state index in [-0.39, 0.29) is 35.3 Å². The van der Waals surface area contributed by atoms with Crippen LogP contribution in [-0.2, 0) is 20.8 Å². The van der Waals surface area contributed by atoms with E-state index in [4.69, 9.17) is 46.1 Å². The predicted molar refractivity (Wildman–Crippen MR) is 337 cm³/mol. The molecular weight excluding hydrogens is 1110 g/mol. The Kier molecular flexibility index (Phi) is 35.1. The molecule has 0 radical (unpaired) electrons. The van der Waals surface area contributed by atoms with Crippen molar-refractivity contribution in [1.82, 2.24) is 0 Å². The van der Waals surface area contributed by atoms with Gasteiger partial charge in [0.2, 0.25) is 0 Å². The van der Waals surface area contributed by atoms with Crippen LogP contribution in [0.5, 0.6) is 34.5 Å². The van der Waals surface area contributed by atoms with Crippen LogP contribution < -0.4 is 50.9 Å². The summed E-state index contributed by atoms with van der Waals surface area (Å²) < 4.78 is 50.2. The summed E-state index contributed by atoms with van der Waals surface area (Å²) in [7, 11) is 3.19. The summed E-state index contributed by atoms with van der Waals surface area (Å²) in [5.41, 5.74) is 2.51. The van der Waals surface area contributed by atoms with Gasteiger partial charge in [0.1, 0.15) is 64.1 Å². The average Bonchev–Trinajstić information content (AvgIpc) is 3.59. The van der Waals surface area contributed by atoms with Crippen LogP contribution >= 0.6 is 0 Å². The second-order valence-electron chi connectivity index (χ2n) is 20.9. The predicted octanol–water partition coefficient (Wildman–Crippen LogP) is 15.4. The number of carbonyl (C=O) groups excluding carboxylic acids is 3. The van der Waals surface area contributed by atoms with Crippen molar-refractivity contribution in [1.29, 1.82) is 0 Å². The second kappa shape index (κ2) is 42.1. The number of hydrogen-bond donors (Lipinski definition) is 0. The molecule has 0 amide bonds. The molecule has 87 heavy (non-hydrogen) atoms. The van der Waals surface area contributed by atoms with Crippen LogP contribution in [0.4, 0.5) is 0 Å². The van der Waals surface area contributed by atoms with Crippen LogP contribution in [-0.4, -0.2) is 38.7 Å². The summed E-state index contributed by atoms with van der Waals surface area (Å²) in [6.45, 7) is 15.6. The number of benzene rings is 2. The van der Waals surface area contributed by atoms with Gasteiger partial charge in [0, 0.05) is 43.2 Å². The third-order valence-electron chi connectivity index (χ3n) is 12.7. The molecule has 0 N–H and O–H groups in total. The van der Waals surface area contributed by atoms with Crippen LogP contribution in [0, 0.1) is 27.7 Å². The van der Waals surface area contributed by atoms with Gasteiger partial charge in [0.05, 0.1) is 38.5 Å². The Bertz CT molecular complexity index is 3330. The molecule has 17 nitrogen and oxygen atoms in total. The molecule has 0 fully saturated rings. The fraction of sp³-hybridized carbons (Fsp3) is 0.414. The summed E-state index contributed by atoms with van der Waals surface area (Å²) in [6, 6.07) is 25.8. The minimum atomic E-state index is -0.573. The molecule has 0 aliphatic carbocycles. The molecule has 4 heterocycles. The number of ether oxygens (including phenoxy) is 6. The van der Waals surface area contributed by atoms with Crippen LogP contribution in [0.25, 0.3) is 6.08 Å². The molecule has 4 aromatic heterocycles. The molecule has 0 unspecified atom stereocenters. The number of esters is 3. The number of allylic oxidation sites excluding steroid dienone is 3. The maximum Gasteiger partial charge on any atom is 0.339 e. The van der Waals surface area contributed by atoms with Crippen LogP contribution in [0.1, 0.15) is 171 Å². The molecule has 0 aliphatic rings. The number of aryl methyl sites for hydroxylation is 5. The van der Waals surface area contributed by atoms with Crippen molar-refractivity contribution in [3.63, 3.8) is 0 Å². The topological polar surface area (TPSA) is 227 Å². The number of methoxy groups -OCH3 is 2. The zero-order chi connectivity index (χ0) is 63.8. The van der Waals surface area contributed by atoms with E-state index < -0.39 is 28.8 Å². The zero-order valence-electron chi connectivity index (χ0n) is 52.4. The lowest BCUT2D eigenvalue weighted by molar-refractivity contribution is -0.135. The number of unbranched alkanes of at least 4 members (excludes halogenated alkanes) is 12. The van der Waals surface area contributed by atoms with Gasteiger partial charge in [-0.1, -0.05) is 125 Å². The Morgan fingerprint density at radius 3 is 1.29 bits per heavy atom. The maximum absolute atomic E-state index is 11.8. The zero-order valence-corrected chi connectivity index (χ0v) is 52.4. The smallest absolute Gasteiger partial charge is 0.339 e. The quantitative estimate of drug-likeness (QED) is 0.0177. The van der Waals surface area contributed by atoms with E-state index in [9.17, 15) is 33.6 Å². The van der Waals surface area contributed by atoms with Gasteiger partial charge < -0.3 is 46.1 Å². The Morgan fingerprint density at radius 1 is 0.448 bits per heavy atom. The highest BCUT2D eigenvalue weighted by Gasteiger charge is 2.10. The van der Waals surface area contributed by atoms with Gasteiger partial charge >= 0.3 is 40.4 Å². The van der Waals surface area contributed by atoms with E-state index in [1.165, 1.54) is 112 Å². The SMILES string of the molecule is CC(C)=CCC/C(C)=C/COc1cc(C)oc(=O)c1.CCCCCCCCCCCCCCCC(=O)Oc1cc(C)oc(=O)c1.COc1ccc(/C=C/C(=O)Oc2cc(C)oc(=O)c2)cc1.COc1ccc(CCC(=O)Oc2cc(C)oc(=O)c2)cc1. The summed E-state index contributed by atoms with van der Waals surface area (Å²) in [5, 5.41) is 0. The molecular formula is C70H88O17. The van der Waals surface area contributed by atoms with Crippen molar-refractivity contribution in [2.45, 2.75) is 171 Å². The minimum Gasteiger partial charge on any atom is -0.497 e. The van der Waals surface area contributed by atoms with Crippen molar-refractivity contribution in [2.24, 2.45) is 0 Å². The molecule has 0 bridgehead atoms. The fourth-order valence-corrected chi connectivity index (χ4v) is 8.25. The third kappa shape index (κ3) is 34.7. The van der Waals surface area contributed by atoms with Gasteiger partial charge in [0.25, 0.3) is 0 Å². The maximum atomic E-state index is 11.8. The molecule has 0 spiro atoms. The Hall–Kier alpha value is -8.73. The molecule has 0 atom stereocenters. The summed E-state index contributed by atoms with van der Waals surface area (Å²) in [4.78, 5) is 79.9. The van der Waals surface area contributed by atoms with Gasteiger partial charge in [-0.05, 0) is 122 Å². The molecule has 0 saturated heterocycles. The monoisotopic (exact) mass is 1200 g/mol. The standard InChI is InChI=1S/C22H36O4.C16H16O5.C16H14O5.C16H22O3/c1-3-4-5-6-7-8-9-10-11-12-13-14-15-16-21(23)26-20-17-19(2)25-22(24)18-20;2*1-11-9-14(10-16(18)20-11)21-15(17)8-5-12-3-6-13(19-2)7-4-12;1-12(2)6-5-7-13(3)8-9-18-15-10-14(4)19-16(17)11-15/h17-18H,3-16H2,1-2H3;3-4,6-7,9-10H,5,8H2,1-2H3;3-10H,1-2H3;6,8,10-11H,5,7,9H2,1-4H3/b;;8-5+;13-8+. The highest BCUT2D eigenvalue weighted by Crippen LogP contribution is 2.19. The van der Waals surface area contributed by atoms with E-state index >= 15 is 0 Å². The molecule has 17 heteroatoms. The summed E-state index contributed by atoms with van der Waals surface area (Å²) in [6.07, 6.45) is 27.1. The van der Waals surface area contributed by atoms with Gasteiger partial charge in [-0.25, -0.2) is 24.0 Å². The van der Waals surface area contributed by atoms with E-state index in [2.05, 4.69) is 33.8 Å². The number of rotatable bonds is 30. The van der Waals surface area contributed by atoms with Gasteiger partial charge in [-0.15, -0.1) is 0 Å². The van der Waals surface area contributed by atoms with Crippen molar-refractivity contribution in [2.75, 3.05) is 20.8 Å². The first-order valence-electron chi connectivity index (χ1n) is 29.7. The molecule has 470 valence electrons. The number of carbonyl (C=O) groups is 3. The van der Waals surface area contributed by atoms with Gasteiger partial charge in [0.15, 0.2) is 0 Å². The van der Waals surface area contributed by atoms with E-state index in [0.29, 0.717) is 48.2 Å². The van der Waals surface area contributed by atoms with Crippen molar-refractivity contribution >= 4 is 24.0 Å². The lowest BCUT2D eigenvalue weighted by atomic mass is 10.0. The number of hydrogen-bond acceptors (Lipinski definition) is 17. The minimum absolute atomic E-state index is 0.160. The average molecular weight is 1200 g/mol. The highest BCUT2D eigenvalue weighted by atomic mass is 16.5. The lowest BCUT2D eigenvalue weighted by Gasteiger charge is -2.05. The largest absolute Gasteiger partial charge is 0.497 e. The first-order valence-corrected chi connectivity index (χ1v) is 29.7. The van der Waals surface area contributed by atoms with Crippen molar-refractivity contribution in [3.8, 4) is 34.5 Å². The summed E-state index contributed by atoms with van der Waals surface area (Å²) in [5.74, 6) is 3.26. The lowest BCUT2D eigenvalue weighted by Crippen LogP contribution is -2.11. The highest BCUT2D eigenvalue weighted by molar-refractivity contribution is 5.88. The van der Waals surface area contributed by atoms with Crippen LogP contribution in [0.3, 0.4) is 0 Å². The van der Waals surface area contributed by atoms with E-state index in [1.54, 1.807) is 72.3 Å². The van der Waals surface area contributed by atoms with Gasteiger partial charge in [-0.3, -0.25) is 9.59 Å². The van der Waals surface area contributed by atoms with Crippen molar-refractivity contribution < 1.29 is 60.5 Å². The molecule has 0 aliphatic heterocycles. The van der Waals surface area contributed by atoms with Crippen LogP contribution in [0.15, 0.2) is 163 Å². The molecule has 2 aromatic carbocycles. The van der Waals surface area contributed by atoms with Crippen LogP contribution in [0.2, 0.25) is 0 Å². The Labute approximate surface area is 511 Å². The molecule has 6 rings (SSSR count). The van der Waals surface area contributed by atoms with Gasteiger partial charge in [-0.2, -0.15) is 0 Å². The second-order valence-corrected chi connectivity index (χ2v) is 20.9. The third-order valence-corrected chi connectivity index (χ3v) is 12.7. The Balaban J connectivity index is 0.000000305. The van der Waals surface area contributed by atoms with E-state index in [0.717, 1.165) is 60.4 Å². The molecule has 6 aromatic rings. The molecule has 0 saturated carbocycles. The first-order chi connectivity index (χ1) is 41.7. The normalized spacial score (nSPS) is 10.7. The van der Waals surface area contributed by atoms with E-state index in [1.807, 2.05) is 42.5 Å². The summed E-state index contributed by atoms with van der Waals surface area (Å²) >= 11 is 0.